The van der Waals surface area contributed by atoms with Gasteiger partial charge in [0.15, 0.2) is 23.3 Å². The molecule has 0 radical (unpaired) electrons. The minimum Gasteiger partial charge on any atom is -0.493 e. The standard InChI is InChI=1S/C16H17F5O4/c1-15(16(19,20)21)7-6-9(13(25-15)14(22)24-3)8-4-5-10(17)11(18)12(8)23-2/h4-5,9,13H,6-7H2,1-3H3/t9-,13-,15+/m0/s1. The van der Waals surface area contributed by atoms with Gasteiger partial charge in [0.2, 0.25) is 5.82 Å². The molecule has 1 aliphatic rings. The number of benzene rings is 1. The highest BCUT2D eigenvalue weighted by Crippen LogP contribution is 2.48. The van der Waals surface area contributed by atoms with Crippen molar-refractivity contribution in [3.05, 3.63) is 29.3 Å². The summed E-state index contributed by atoms with van der Waals surface area (Å²) in [6, 6.07) is 1.98. The molecule has 9 heteroatoms. The molecule has 0 spiro atoms. The summed E-state index contributed by atoms with van der Waals surface area (Å²) in [6.07, 6.45) is -6.96. The molecule has 0 aromatic heterocycles. The van der Waals surface area contributed by atoms with Gasteiger partial charge in [-0.25, -0.2) is 9.18 Å². The largest absolute Gasteiger partial charge is 0.493 e. The van der Waals surface area contributed by atoms with Crippen LogP contribution in [0, 0.1) is 11.6 Å². The summed E-state index contributed by atoms with van der Waals surface area (Å²) in [5.74, 6) is -4.95. The molecule has 0 amide bonds. The number of ether oxygens (including phenoxy) is 3. The van der Waals surface area contributed by atoms with Gasteiger partial charge in [-0.1, -0.05) is 6.07 Å². The van der Waals surface area contributed by atoms with Gasteiger partial charge in [-0.15, -0.1) is 0 Å². The summed E-state index contributed by atoms with van der Waals surface area (Å²) in [6.45, 7) is 0.835. The average Bonchev–Trinajstić information content (AvgIpc) is 2.55. The van der Waals surface area contributed by atoms with Gasteiger partial charge < -0.3 is 14.2 Å². The summed E-state index contributed by atoms with van der Waals surface area (Å²) in [4.78, 5) is 12.0. The number of hydrogen-bond donors (Lipinski definition) is 0. The first-order chi connectivity index (χ1) is 11.6. The topological polar surface area (TPSA) is 44.8 Å². The van der Waals surface area contributed by atoms with Gasteiger partial charge >= 0.3 is 12.1 Å². The van der Waals surface area contributed by atoms with E-state index in [1.54, 1.807) is 0 Å². The Labute approximate surface area is 140 Å². The van der Waals surface area contributed by atoms with Gasteiger partial charge in [0.1, 0.15) is 0 Å². The predicted molar refractivity (Wildman–Crippen MR) is 76.2 cm³/mol. The number of hydrogen-bond acceptors (Lipinski definition) is 4. The van der Waals surface area contributed by atoms with Crippen molar-refractivity contribution in [2.24, 2.45) is 0 Å². The van der Waals surface area contributed by atoms with Crippen LogP contribution in [0.4, 0.5) is 22.0 Å². The average molecular weight is 368 g/mol. The fourth-order valence-corrected chi connectivity index (χ4v) is 2.91. The van der Waals surface area contributed by atoms with Crippen LogP contribution in [0.15, 0.2) is 12.1 Å². The van der Waals surface area contributed by atoms with Gasteiger partial charge in [0, 0.05) is 11.5 Å². The van der Waals surface area contributed by atoms with Crippen LogP contribution in [-0.4, -0.2) is 38.1 Å². The third-order valence-electron chi connectivity index (χ3n) is 4.40. The van der Waals surface area contributed by atoms with E-state index < -0.39 is 53.6 Å². The lowest BCUT2D eigenvalue weighted by atomic mass is 9.80. The van der Waals surface area contributed by atoms with E-state index in [1.807, 2.05) is 0 Å². The second-order valence-corrected chi connectivity index (χ2v) is 5.92. The summed E-state index contributed by atoms with van der Waals surface area (Å²) in [5.41, 5.74) is -2.50. The number of methoxy groups -OCH3 is 2. The van der Waals surface area contributed by atoms with Crippen LogP contribution in [0.1, 0.15) is 31.2 Å². The smallest absolute Gasteiger partial charge is 0.417 e. The van der Waals surface area contributed by atoms with E-state index in [1.165, 1.54) is 0 Å². The number of alkyl halides is 3. The van der Waals surface area contributed by atoms with Crippen molar-refractivity contribution in [1.29, 1.82) is 0 Å². The molecule has 1 heterocycles. The Balaban J connectivity index is 2.48. The highest BCUT2D eigenvalue weighted by atomic mass is 19.4. The lowest BCUT2D eigenvalue weighted by Crippen LogP contribution is -2.54. The van der Waals surface area contributed by atoms with E-state index in [0.717, 1.165) is 33.3 Å². The molecular formula is C16H17F5O4. The molecule has 140 valence electrons. The van der Waals surface area contributed by atoms with Crippen molar-refractivity contribution in [1.82, 2.24) is 0 Å². The molecule has 1 aliphatic heterocycles. The first kappa shape index (κ1) is 19.4. The van der Waals surface area contributed by atoms with Crippen molar-refractivity contribution in [3.8, 4) is 5.75 Å². The van der Waals surface area contributed by atoms with Crippen LogP contribution in [0.2, 0.25) is 0 Å². The molecular weight excluding hydrogens is 351 g/mol. The van der Waals surface area contributed by atoms with Crippen molar-refractivity contribution >= 4 is 5.97 Å². The molecule has 3 atom stereocenters. The molecule has 1 aromatic rings. The highest BCUT2D eigenvalue weighted by molar-refractivity contribution is 5.76. The van der Waals surface area contributed by atoms with E-state index >= 15 is 0 Å². The summed E-state index contributed by atoms with van der Waals surface area (Å²) >= 11 is 0. The fourth-order valence-electron chi connectivity index (χ4n) is 2.91. The molecule has 1 saturated heterocycles. The lowest BCUT2D eigenvalue weighted by Gasteiger charge is -2.42. The van der Waals surface area contributed by atoms with Crippen molar-refractivity contribution in [3.63, 3.8) is 0 Å². The van der Waals surface area contributed by atoms with Crippen LogP contribution in [0.25, 0.3) is 0 Å². The maximum absolute atomic E-state index is 13.9. The van der Waals surface area contributed by atoms with Crippen LogP contribution in [0.3, 0.4) is 0 Å². The molecule has 4 nitrogen and oxygen atoms in total. The predicted octanol–water partition coefficient (Wildman–Crippen LogP) is 3.73. The van der Waals surface area contributed by atoms with Gasteiger partial charge in [-0.3, -0.25) is 0 Å². The van der Waals surface area contributed by atoms with Gasteiger partial charge in [0.05, 0.1) is 14.2 Å². The molecule has 2 rings (SSSR count). The first-order valence-electron chi connectivity index (χ1n) is 7.40. The second kappa shape index (κ2) is 6.78. The second-order valence-electron chi connectivity index (χ2n) is 5.92. The Bertz CT molecular complexity index is 661. The maximum Gasteiger partial charge on any atom is 0.417 e. The summed E-state index contributed by atoms with van der Waals surface area (Å²) in [5, 5.41) is 0. The number of carbonyl (C=O) groups is 1. The SMILES string of the molecule is COC(=O)[C@H]1O[C@@](C)(C(F)(F)F)CC[C@H]1c1ccc(F)c(F)c1OC. The maximum atomic E-state index is 13.9. The van der Waals surface area contributed by atoms with E-state index in [-0.39, 0.29) is 12.0 Å². The minimum atomic E-state index is -4.71. The van der Waals surface area contributed by atoms with Crippen molar-refractivity contribution in [2.45, 2.75) is 43.6 Å². The normalized spacial score (nSPS) is 27.0. The summed E-state index contributed by atoms with van der Waals surface area (Å²) < 4.78 is 81.5. The quantitative estimate of drug-likeness (QED) is 0.603. The minimum absolute atomic E-state index is 0.0426. The molecule has 25 heavy (non-hydrogen) atoms. The fraction of sp³-hybridized carbons (Fsp3) is 0.562. The van der Waals surface area contributed by atoms with Gasteiger partial charge in [-0.05, 0) is 25.8 Å². The van der Waals surface area contributed by atoms with Gasteiger partial charge in [0.25, 0.3) is 0 Å². The first-order valence-corrected chi connectivity index (χ1v) is 7.40. The molecule has 0 unspecified atom stereocenters. The molecule has 1 fully saturated rings. The Morgan fingerprint density at radius 2 is 1.92 bits per heavy atom. The lowest BCUT2D eigenvalue weighted by molar-refractivity contribution is -0.298. The van der Waals surface area contributed by atoms with E-state index in [9.17, 15) is 26.7 Å². The molecule has 0 saturated carbocycles. The number of esters is 1. The monoisotopic (exact) mass is 368 g/mol. The molecule has 1 aromatic carbocycles. The van der Waals surface area contributed by atoms with Crippen molar-refractivity contribution in [2.75, 3.05) is 14.2 Å². The molecule has 0 aliphatic carbocycles. The number of carbonyl (C=O) groups excluding carboxylic acids is 1. The van der Waals surface area contributed by atoms with Crippen LogP contribution >= 0.6 is 0 Å². The van der Waals surface area contributed by atoms with Gasteiger partial charge in [-0.2, -0.15) is 17.6 Å². The van der Waals surface area contributed by atoms with E-state index in [2.05, 4.69) is 4.74 Å². The van der Waals surface area contributed by atoms with Crippen LogP contribution < -0.4 is 4.74 Å². The Hall–Kier alpha value is -1.90. The Kier molecular flexibility index (Phi) is 5.27. The molecule has 0 N–H and O–H groups in total. The summed E-state index contributed by atoms with van der Waals surface area (Å²) in [7, 11) is 2.10. The zero-order valence-corrected chi connectivity index (χ0v) is 13.7. The van der Waals surface area contributed by atoms with Crippen LogP contribution in [0.5, 0.6) is 5.75 Å². The number of halogens is 5. The zero-order valence-electron chi connectivity index (χ0n) is 13.7. The molecule has 0 bridgehead atoms. The highest BCUT2D eigenvalue weighted by Gasteiger charge is 2.58. The van der Waals surface area contributed by atoms with Crippen LogP contribution in [-0.2, 0) is 14.3 Å². The number of rotatable bonds is 3. The third-order valence-corrected chi connectivity index (χ3v) is 4.40. The zero-order chi connectivity index (χ0) is 19.0. The van der Waals surface area contributed by atoms with Crippen molar-refractivity contribution < 1.29 is 41.0 Å². The van der Waals surface area contributed by atoms with E-state index in [4.69, 9.17) is 9.47 Å². The third kappa shape index (κ3) is 3.42. The van der Waals surface area contributed by atoms with E-state index in [0.29, 0.717) is 0 Å². The Morgan fingerprint density at radius 3 is 2.44 bits per heavy atom. The Morgan fingerprint density at radius 1 is 1.28 bits per heavy atom.